The van der Waals surface area contributed by atoms with Gasteiger partial charge in [0.15, 0.2) is 0 Å². The van der Waals surface area contributed by atoms with Gasteiger partial charge in [0.1, 0.15) is 23.4 Å². The van der Waals surface area contributed by atoms with Crippen molar-refractivity contribution in [3.63, 3.8) is 0 Å². The number of carbonyl (C=O) groups is 1. The van der Waals surface area contributed by atoms with E-state index in [1.165, 1.54) is 45.6 Å². The van der Waals surface area contributed by atoms with E-state index in [0.29, 0.717) is 28.4 Å². The number of benzene rings is 3. The molecule has 0 radical (unpaired) electrons. The van der Waals surface area contributed by atoms with Crippen molar-refractivity contribution in [2.45, 2.75) is 24.3 Å². The van der Waals surface area contributed by atoms with E-state index in [2.05, 4.69) is 0 Å². The SMILES string of the molecule is COc1ccc(C[C@H](OC(=O)[C@@](OC)(c2ccccc2)C(F)(F)F)c2cc(OC)cc(OC)c2)cc1. The molecular weight excluding hydrogens is 477 g/mol. The Morgan fingerprint density at radius 1 is 0.778 bits per heavy atom. The van der Waals surface area contributed by atoms with Gasteiger partial charge in [0.05, 0.1) is 21.3 Å². The van der Waals surface area contributed by atoms with Crippen LogP contribution in [0.5, 0.6) is 17.2 Å². The zero-order chi connectivity index (χ0) is 26.3. The second kappa shape index (κ2) is 11.3. The lowest BCUT2D eigenvalue weighted by Crippen LogP contribution is -2.52. The Balaban J connectivity index is 2.08. The maximum absolute atomic E-state index is 14.4. The standard InChI is InChI=1S/C27H27F3O6/c1-32-21-12-10-18(11-13-21)14-24(19-15-22(33-2)17-23(16-19)34-3)36-25(31)26(35-4,27(28,29)30)20-8-6-5-7-9-20/h5-13,15-17,24H,14H2,1-4H3/t24-,26-/m0/s1. The number of alkyl halides is 3. The van der Waals surface area contributed by atoms with Gasteiger partial charge in [0, 0.05) is 30.7 Å². The molecule has 3 rings (SSSR count). The molecule has 0 saturated heterocycles. The monoisotopic (exact) mass is 504 g/mol. The second-order valence-electron chi connectivity index (χ2n) is 7.84. The molecule has 9 heteroatoms. The summed E-state index contributed by atoms with van der Waals surface area (Å²) in [6, 6.07) is 18.3. The molecule has 6 nitrogen and oxygen atoms in total. The fourth-order valence-corrected chi connectivity index (χ4v) is 3.82. The average molecular weight is 505 g/mol. The molecule has 36 heavy (non-hydrogen) atoms. The highest BCUT2D eigenvalue weighted by Crippen LogP contribution is 2.44. The van der Waals surface area contributed by atoms with E-state index in [9.17, 15) is 18.0 Å². The van der Waals surface area contributed by atoms with E-state index in [4.69, 9.17) is 23.7 Å². The minimum Gasteiger partial charge on any atom is -0.497 e. The molecule has 0 unspecified atom stereocenters. The fourth-order valence-electron chi connectivity index (χ4n) is 3.82. The quantitative estimate of drug-likeness (QED) is 0.333. The Labute approximate surface area is 207 Å². The Kier molecular flexibility index (Phi) is 8.47. The predicted molar refractivity (Wildman–Crippen MR) is 126 cm³/mol. The van der Waals surface area contributed by atoms with E-state index in [1.807, 2.05) is 0 Å². The molecule has 0 saturated carbocycles. The van der Waals surface area contributed by atoms with Crippen LogP contribution in [0, 0.1) is 0 Å². The number of carbonyl (C=O) groups excluding carboxylic acids is 1. The molecule has 0 aliphatic carbocycles. The zero-order valence-corrected chi connectivity index (χ0v) is 20.3. The van der Waals surface area contributed by atoms with Gasteiger partial charge in [-0.2, -0.15) is 13.2 Å². The third kappa shape index (κ3) is 5.57. The molecule has 0 aliphatic rings. The van der Waals surface area contributed by atoms with Crippen LogP contribution in [0.2, 0.25) is 0 Å². The van der Waals surface area contributed by atoms with Gasteiger partial charge in [-0.3, -0.25) is 0 Å². The van der Waals surface area contributed by atoms with Crippen molar-refractivity contribution in [1.29, 1.82) is 0 Å². The Morgan fingerprint density at radius 2 is 1.33 bits per heavy atom. The first-order valence-electron chi connectivity index (χ1n) is 10.9. The van der Waals surface area contributed by atoms with Crippen molar-refractivity contribution in [3.05, 3.63) is 89.5 Å². The Hall–Kier alpha value is -3.72. The molecule has 2 atom stereocenters. The number of rotatable bonds is 10. The van der Waals surface area contributed by atoms with Crippen molar-refractivity contribution >= 4 is 5.97 Å². The third-order valence-electron chi connectivity index (χ3n) is 5.75. The van der Waals surface area contributed by atoms with Crippen LogP contribution < -0.4 is 14.2 Å². The molecule has 0 bridgehead atoms. The lowest BCUT2D eigenvalue weighted by molar-refractivity contribution is -0.278. The summed E-state index contributed by atoms with van der Waals surface area (Å²) in [7, 11) is 5.23. The minimum absolute atomic E-state index is 0.0680. The van der Waals surface area contributed by atoms with Crippen LogP contribution in [0.1, 0.15) is 22.8 Å². The fraction of sp³-hybridized carbons (Fsp3) is 0.296. The number of esters is 1. The van der Waals surface area contributed by atoms with Crippen LogP contribution >= 0.6 is 0 Å². The van der Waals surface area contributed by atoms with Gasteiger partial charge in [-0.15, -0.1) is 0 Å². The molecule has 192 valence electrons. The highest BCUT2D eigenvalue weighted by Gasteiger charge is 2.64. The molecule has 0 aromatic heterocycles. The van der Waals surface area contributed by atoms with Gasteiger partial charge in [0.2, 0.25) is 0 Å². The van der Waals surface area contributed by atoms with Crippen molar-refractivity contribution < 1.29 is 41.7 Å². The summed E-state index contributed by atoms with van der Waals surface area (Å²) in [5, 5.41) is 0. The second-order valence-corrected chi connectivity index (χ2v) is 7.84. The summed E-state index contributed by atoms with van der Waals surface area (Å²) < 4.78 is 69.6. The number of methoxy groups -OCH3 is 4. The Morgan fingerprint density at radius 3 is 1.81 bits per heavy atom. The predicted octanol–water partition coefficient (Wildman–Crippen LogP) is 5.64. The largest absolute Gasteiger partial charge is 0.497 e. The van der Waals surface area contributed by atoms with Crippen LogP contribution in [0.4, 0.5) is 13.2 Å². The maximum atomic E-state index is 14.4. The summed E-state index contributed by atoms with van der Waals surface area (Å²) in [4.78, 5) is 13.4. The van der Waals surface area contributed by atoms with Crippen molar-refractivity contribution in [2.24, 2.45) is 0 Å². The topological polar surface area (TPSA) is 63.2 Å². The average Bonchev–Trinajstić information content (AvgIpc) is 2.89. The molecule has 0 N–H and O–H groups in total. The molecule has 0 spiro atoms. The van der Waals surface area contributed by atoms with E-state index in [0.717, 1.165) is 7.11 Å². The van der Waals surface area contributed by atoms with E-state index in [1.54, 1.807) is 48.5 Å². The summed E-state index contributed by atoms with van der Waals surface area (Å²) in [6.45, 7) is 0. The molecule has 3 aromatic rings. The summed E-state index contributed by atoms with van der Waals surface area (Å²) >= 11 is 0. The first-order chi connectivity index (χ1) is 17.2. The van der Waals surface area contributed by atoms with E-state index >= 15 is 0 Å². The van der Waals surface area contributed by atoms with Crippen LogP contribution in [0.25, 0.3) is 0 Å². The zero-order valence-electron chi connectivity index (χ0n) is 20.3. The van der Waals surface area contributed by atoms with Gasteiger partial charge < -0.3 is 23.7 Å². The van der Waals surface area contributed by atoms with Crippen LogP contribution in [0.15, 0.2) is 72.8 Å². The van der Waals surface area contributed by atoms with Crippen molar-refractivity contribution in [2.75, 3.05) is 28.4 Å². The molecule has 0 amide bonds. The number of hydrogen-bond donors (Lipinski definition) is 0. The minimum atomic E-state index is -5.10. The van der Waals surface area contributed by atoms with Crippen LogP contribution in [0.3, 0.4) is 0 Å². The number of ether oxygens (including phenoxy) is 5. The molecule has 3 aromatic carbocycles. The molecular formula is C27H27F3O6. The lowest BCUT2D eigenvalue weighted by Gasteiger charge is -2.34. The van der Waals surface area contributed by atoms with Gasteiger partial charge >= 0.3 is 12.1 Å². The van der Waals surface area contributed by atoms with Gasteiger partial charge in [-0.05, 0) is 29.8 Å². The van der Waals surface area contributed by atoms with Crippen molar-refractivity contribution in [3.8, 4) is 17.2 Å². The van der Waals surface area contributed by atoms with Gasteiger partial charge in [0.25, 0.3) is 5.60 Å². The van der Waals surface area contributed by atoms with Crippen LogP contribution in [-0.2, 0) is 26.3 Å². The van der Waals surface area contributed by atoms with Gasteiger partial charge in [-0.25, -0.2) is 4.79 Å². The lowest BCUT2D eigenvalue weighted by atomic mass is 9.92. The maximum Gasteiger partial charge on any atom is 0.432 e. The first-order valence-corrected chi connectivity index (χ1v) is 10.9. The highest BCUT2D eigenvalue weighted by atomic mass is 19.4. The van der Waals surface area contributed by atoms with Crippen LogP contribution in [-0.4, -0.2) is 40.6 Å². The normalized spacial score (nSPS) is 13.9. The summed E-state index contributed by atoms with van der Waals surface area (Å²) in [6.07, 6.45) is -6.16. The molecule has 0 aliphatic heterocycles. The molecule has 0 heterocycles. The smallest absolute Gasteiger partial charge is 0.432 e. The summed E-state index contributed by atoms with van der Waals surface area (Å²) in [5.41, 5.74) is -2.63. The summed E-state index contributed by atoms with van der Waals surface area (Å²) in [5.74, 6) is -0.215. The number of halogens is 3. The van der Waals surface area contributed by atoms with E-state index < -0.39 is 29.4 Å². The third-order valence-corrected chi connectivity index (χ3v) is 5.75. The van der Waals surface area contributed by atoms with E-state index in [-0.39, 0.29) is 6.42 Å². The van der Waals surface area contributed by atoms with Crippen molar-refractivity contribution in [1.82, 2.24) is 0 Å². The van der Waals surface area contributed by atoms with Gasteiger partial charge in [-0.1, -0.05) is 42.5 Å². The Bertz CT molecular complexity index is 1130. The number of hydrogen-bond acceptors (Lipinski definition) is 6. The highest BCUT2D eigenvalue weighted by molar-refractivity contribution is 5.83. The first kappa shape index (κ1) is 26.9. The molecule has 0 fully saturated rings.